The summed E-state index contributed by atoms with van der Waals surface area (Å²) in [4.78, 5) is 18.9. The first-order valence-corrected chi connectivity index (χ1v) is 10.9. The molecule has 142 valence electrons. The maximum atomic E-state index is 12.8. The maximum absolute atomic E-state index is 12.8. The third kappa shape index (κ3) is 2.84. The fourth-order valence-electron chi connectivity index (χ4n) is 4.89. The van der Waals surface area contributed by atoms with Crippen LogP contribution in [0.25, 0.3) is 0 Å². The number of carbonyl (C=O) groups is 1. The Labute approximate surface area is 154 Å². The molecular weight excluding hydrogens is 352 g/mol. The zero-order valence-electron chi connectivity index (χ0n) is 15.1. The van der Waals surface area contributed by atoms with Crippen LogP contribution in [0.1, 0.15) is 26.2 Å². The number of pyridine rings is 1. The van der Waals surface area contributed by atoms with Crippen molar-refractivity contribution in [2.45, 2.75) is 36.8 Å². The van der Waals surface area contributed by atoms with E-state index in [0.29, 0.717) is 31.8 Å². The van der Waals surface area contributed by atoms with Crippen molar-refractivity contribution in [2.75, 3.05) is 32.7 Å². The van der Waals surface area contributed by atoms with E-state index in [1.807, 2.05) is 0 Å². The molecule has 4 rings (SSSR count). The van der Waals surface area contributed by atoms with Crippen molar-refractivity contribution in [3.63, 3.8) is 0 Å². The van der Waals surface area contributed by atoms with Gasteiger partial charge in [0.2, 0.25) is 5.91 Å². The van der Waals surface area contributed by atoms with Crippen molar-refractivity contribution in [3.8, 4) is 0 Å². The Kier molecular flexibility index (Phi) is 4.53. The number of hydrogen-bond acceptors (Lipinski definition) is 5. The Balaban J connectivity index is 1.49. The van der Waals surface area contributed by atoms with Gasteiger partial charge in [-0.05, 0) is 37.9 Å². The monoisotopic (exact) mass is 378 g/mol. The maximum Gasteiger partial charge on any atom is 0.260 e. The van der Waals surface area contributed by atoms with Gasteiger partial charge in [-0.25, -0.2) is 13.4 Å². The van der Waals surface area contributed by atoms with Crippen LogP contribution < -0.4 is 5.32 Å². The highest BCUT2D eigenvalue weighted by atomic mass is 32.2. The Morgan fingerprint density at radius 3 is 2.69 bits per heavy atom. The second kappa shape index (κ2) is 6.58. The van der Waals surface area contributed by atoms with E-state index in [4.69, 9.17) is 0 Å². The van der Waals surface area contributed by atoms with Crippen molar-refractivity contribution >= 4 is 15.9 Å². The second-order valence-electron chi connectivity index (χ2n) is 7.69. The SMILES string of the molecule is CCCN1C[C@H]2C(=O)NC3(CCN(S(=O)(=O)c4ccccn4)CC3)[C@H]2C1. The minimum Gasteiger partial charge on any atom is -0.350 e. The number of likely N-dealkylation sites (tertiary alicyclic amines) is 1. The molecule has 0 aromatic carbocycles. The molecule has 0 unspecified atom stereocenters. The summed E-state index contributed by atoms with van der Waals surface area (Å²) in [7, 11) is -3.56. The first kappa shape index (κ1) is 17.9. The molecule has 3 saturated heterocycles. The predicted molar refractivity (Wildman–Crippen MR) is 96.8 cm³/mol. The van der Waals surface area contributed by atoms with E-state index >= 15 is 0 Å². The quantitative estimate of drug-likeness (QED) is 0.834. The van der Waals surface area contributed by atoms with Gasteiger partial charge >= 0.3 is 0 Å². The van der Waals surface area contributed by atoms with Crippen LogP contribution >= 0.6 is 0 Å². The lowest BCUT2D eigenvalue weighted by Crippen LogP contribution is -2.56. The van der Waals surface area contributed by atoms with Gasteiger partial charge in [-0.15, -0.1) is 0 Å². The topological polar surface area (TPSA) is 82.6 Å². The number of nitrogens with one attached hydrogen (secondary N) is 1. The highest BCUT2D eigenvalue weighted by Crippen LogP contribution is 2.44. The minimum atomic E-state index is -3.56. The molecule has 0 saturated carbocycles. The van der Waals surface area contributed by atoms with Crippen molar-refractivity contribution < 1.29 is 13.2 Å². The molecule has 4 heterocycles. The summed E-state index contributed by atoms with van der Waals surface area (Å²) < 4.78 is 27.1. The van der Waals surface area contributed by atoms with Crippen LogP contribution in [-0.4, -0.2) is 66.8 Å². The van der Waals surface area contributed by atoms with Crippen LogP contribution in [0.15, 0.2) is 29.4 Å². The molecule has 1 amide bonds. The lowest BCUT2D eigenvalue weighted by Gasteiger charge is -2.42. The first-order chi connectivity index (χ1) is 12.5. The number of nitrogens with zero attached hydrogens (tertiary/aromatic N) is 3. The molecule has 1 spiro atoms. The number of fused-ring (bicyclic) bond motifs is 2. The Hall–Kier alpha value is -1.51. The first-order valence-electron chi connectivity index (χ1n) is 9.42. The van der Waals surface area contributed by atoms with E-state index in [1.54, 1.807) is 12.1 Å². The van der Waals surface area contributed by atoms with E-state index in [9.17, 15) is 13.2 Å². The molecule has 1 aromatic rings. The zero-order chi connectivity index (χ0) is 18.4. The summed E-state index contributed by atoms with van der Waals surface area (Å²) in [6.45, 7) is 5.81. The third-order valence-electron chi connectivity index (χ3n) is 6.21. The molecule has 0 aliphatic carbocycles. The van der Waals surface area contributed by atoms with Crippen molar-refractivity contribution in [3.05, 3.63) is 24.4 Å². The minimum absolute atomic E-state index is 0.0560. The molecule has 3 fully saturated rings. The zero-order valence-corrected chi connectivity index (χ0v) is 15.9. The molecule has 0 bridgehead atoms. The molecule has 1 aromatic heterocycles. The number of sulfonamides is 1. The molecule has 0 radical (unpaired) electrons. The van der Waals surface area contributed by atoms with Crippen LogP contribution in [0.2, 0.25) is 0 Å². The van der Waals surface area contributed by atoms with Crippen molar-refractivity contribution in [1.29, 1.82) is 0 Å². The van der Waals surface area contributed by atoms with E-state index in [2.05, 4.69) is 22.1 Å². The van der Waals surface area contributed by atoms with Crippen LogP contribution in [-0.2, 0) is 14.8 Å². The smallest absolute Gasteiger partial charge is 0.260 e. The summed E-state index contributed by atoms with van der Waals surface area (Å²) in [5.41, 5.74) is -0.250. The van der Waals surface area contributed by atoms with Gasteiger partial charge in [0.15, 0.2) is 5.03 Å². The van der Waals surface area contributed by atoms with E-state index < -0.39 is 10.0 Å². The number of amides is 1. The van der Waals surface area contributed by atoms with E-state index in [-0.39, 0.29) is 22.4 Å². The van der Waals surface area contributed by atoms with Crippen LogP contribution in [0.4, 0.5) is 0 Å². The summed E-state index contributed by atoms with van der Waals surface area (Å²) in [5, 5.41) is 3.34. The predicted octanol–water partition coefficient (Wildman–Crippen LogP) is 0.693. The molecule has 8 heteroatoms. The van der Waals surface area contributed by atoms with E-state index in [0.717, 1.165) is 26.1 Å². The van der Waals surface area contributed by atoms with E-state index in [1.165, 1.54) is 16.6 Å². The standard InChI is InChI=1S/C18H26N4O3S/c1-2-9-21-12-14-15(13-21)18(20-17(14)23)6-10-22(11-7-18)26(24,25)16-5-3-4-8-19-16/h3-5,8,14-15H,2,6-7,9-13H2,1H3,(H,20,23)/t14-,15+/m1/s1. The van der Waals surface area contributed by atoms with Gasteiger partial charge in [-0.1, -0.05) is 13.0 Å². The molecule has 2 atom stereocenters. The van der Waals surface area contributed by atoms with Crippen molar-refractivity contribution in [1.82, 2.24) is 19.5 Å². The fourth-order valence-corrected chi connectivity index (χ4v) is 6.27. The molecule has 3 aliphatic heterocycles. The van der Waals surface area contributed by atoms with Gasteiger partial charge in [0.05, 0.1) is 5.92 Å². The third-order valence-corrected chi connectivity index (χ3v) is 8.03. The Morgan fingerprint density at radius 1 is 1.27 bits per heavy atom. The van der Waals surface area contributed by atoms with Gasteiger partial charge in [0, 0.05) is 43.8 Å². The van der Waals surface area contributed by atoms with Crippen molar-refractivity contribution in [2.24, 2.45) is 11.8 Å². The fraction of sp³-hybridized carbons (Fsp3) is 0.667. The Bertz CT molecular complexity index is 775. The average molecular weight is 378 g/mol. The van der Waals surface area contributed by atoms with Gasteiger partial charge in [0.1, 0.15) is 0 Å². The summed E-state index contributed by atoms with van der Waals surface area (Å²) in [6, 6.07) is 4.93. The summed E-state index contributed by atoms with van der Waals surface area (Å²) >= 11 is 0. The number of aromatic nitrogens is 1. The lowest BCUT2D eigenvalue weighted by atomic mass is 9.76. The summed E-state index contributed by atoms with van der Waals surface area (Å²) in [6.07, 6.45) is 3.93. The van der Waals surface area contributed by atoms with Gasteiger partial charge in [-0.2, -0.15) is 4.31 Å². The number of rotatable bonds is 4. The van der Waals surface area contributed by atoms with Gasteiger partial charge in [-0.3, -0.25) is 4.79 Å². The molecule has 3 aliphatic rings. The normalized spacial score (nSPS) is 29.0. The van der Waals surface area contributed by atoms with Crippen LogP contribution in [0.3, 0.4) is 0 Å². The Morgan fingerprint density at radius 2 is 2.04 bits per heavy atom. The molecule has 7 nitrogen and oxygen atoms in total. The van der Waals surface area contributed by atoms with Gasteiger partial charge < -0.3 is 10.2 Å². The van der Waals surface area contributed by atoms with Gasteiger partial charge in [0.25, 0.3) is 10.0 Å². The number of carbonyl (C=O) groups excluding carboxylic acids is 1. The average Bonchev–Trinajstić information content (AvgIpc) is 3.17. The largest absolute Gasteiger partial charge is 0.350 e. The molecule has 26 heavy (non-hydrogen) atoms. The summed E-state index contributed by atoms with van der Waals surface area (Å²) in [5.74, 6) is 0.497. The van der Waals surface area contributed by atoms with Crippen LogP contribution in [0, 0.1) is 11.8 Å². The second-order valence-corrected chi connectivity index (χ2v) is 9.57. The number of hydrogen-bond donors (Lipinski definition) is 1. The number of piperidine rings is 1. The highest BCUT2D eigenvalue weighted by molar-refractivity contribution is 7.89. The van der Waals surface area contributed by atoms with Crippen LogP contribution in [0.5, 0.6) is 0 Å². The molecule has 1 N–H and O–H groups in total. The molecular formula is C18H26N4O3S. The lowest BCUT2D eigenvalue weighted by molar-refractivity contribution is -0.123. The highest BCUT2D eigenvalue weighted by Gasteiger charge is 2.57.